The van der Waals surface area contributed by atoms with Crippen LogP contribution in [0.2, 0.25) is 0 Å². The van der Waals surface area contributed by atoms with Crippen LogP contribution >= 0.6 is 7.92 Å². The molecule has 55 heavy (non-hydrogen) atoms. The Bertz CT molecular complexity index is 1210. The molecule has 0 fully saturated rings. The number of unbranched alkanes of at least 4 members (excludes halogenated alkanes) is 26. The molecule has 0 saturated heterocycles. The fourth-order valence-electron chi connectivity index (χ4n) is 7.55. The summed E-state index contributed by atoms with van der Waals surface area (Å²) in [6.45, 7) is 6.18. The Morgan fingerprint density at radius 3 is 1.00 bits per heavy atom. The number of hydrogen-bond donors (Lipinski definition) is 0. The first-order valence-corrected chi connectivity index (χ1v) is 24.5. The third-order valence-corrected chi connectivity index (χ3v) is 13.5. The summed E-state index contributed by atoms with van der Waals surface area (Å²) in [4.78, 5) is 0. The van der Waals surface area contributed by atoms with Gasteiger partial charge in [0.2, 0.25) is 0 Å². The van der Waals surface area contributed by atoms with Crippen molar-refractivity contribution in [2.45, 2.75) is 194 Å². The zero-order valence-electron chi connectivity index (χ0n) is 35.8. The maximum atomic E-state index is 6.19. The standard InChI is InChI=1S/C51H81O3P/c1-4-6-8-10-12-14-16-18-20-22-24-26-28-30-43-53-46-35-39-49(40-36-46)55(51-34-32-33-48(45-51)52-3)50-41-37-47(38-42-50)54-44-31-29-27-25-23-21-19-17-15-13-11-9-7-5-2/h32-42,45H,4-31,43-44H2,1-3H3. The average molecular weight is 773 g/mol. The van der Waals surface area contributed by atoms with Gasteiger partial charge in [0.25, 0.3) is 0 Å². The minimum Gasteiger partial charge on any atom is -0.497 e. The second-order valence-electron chi connectivity index (χ2n) is 15.9. The average Bonchev–Trinajstić information content (AvgIpc) is 3.22. The molecule has 0 atom stereocenters. The highest BCUT2D eigenvalue weighted by molar-refractivity contribution is 7.79. The third-order valence-electron chi connectivity index (χ3n) is 11.0. The molecule has 3 aromatic rings. The van der Waals surface area contributed by atoms with Gasteiger partial charge < -0.3 is 14.2 Å². The molecule has 0 aliphatic heterocycles. The summed E-state index contributed by atoms with van der Waals surface area (Å²) >= 11 is 0. The van der Waals surface area contributed by atoms with E-state index in [2.05, 4.69) is 80.6 Å². The Kier molecular flexibility index (Phi) is 27.7. The van der Waals surface area contributed by atoms with Crippen LogP contribution in [0.4, 0.5) is 0 Å². The van der Waals surface area contributed by atoms with Gasteiger partial charge in [0.15, 0.2) is 0 Å². The molecule has 0 aromatic heterocycles. The lowest BCUT2D eigenvalue weighted by atomic mass is 10.0. The van der Waals surface area contributed by atoms with Crippen LogP contribution in [0.3, 0.4) is 0 Å². The molecule has 0 aliphatic rings. The lowest BCUT2D eigenvalue weighted by Gasteiger charge is -2.21. The van der Waals surface area contributed by atoms with E-state index in [-0.39, 0.29) is 0 Å². The Balaban J connectivity index is 1.34. The summed E-state index contributed by atoms with van der Waals surface area (Å²) in [6.07, 6.45) is 38.5. The van der Waals surface area contributed by atoms with E-state index in [1.165, 1.54) is 183 Å². The van der Waals surface area contributed by atoms with E-state index in [1.807, 2.05) is 6.07 Å². The van der Waals surface area contributed by atoms with Crippen molar-refractivity contribution in [1.29, 1.82) is 0 Å². The van der Waals surface area contributed by atoms with Crippen molar-refractivity contribution in [3.63, 3.8) is 0 Å². The zero-order valence-corrected chi connectivity index (χ0v) is 36.7. The van der Waals surface area contributed by atoms with Crippen molar-refractivity contribution >= 4 is 23.8 Å². The molecule has 4 heteroatoms. The van der Waals surface area contributed by atoms with Crippen LogP contribution in [0.25, 0.3) is 0 Å². The predicted molar refractivity (Wildman–Crippen MR) is 243 cm³/mol. The van der Waals surface area contributed by atoms with Gasteiger partial charge >= 0.3 is 0 Å². The first kappa shape index (κ1) is 46.9. The summed E-state index contributed by atoms with van der Waals surface area (Å²) in [6, 6.07) is 26.2. The van der Waals surface area contributed by atoms with Crippen LogP contribution in [-0.2, 0) is 0 Å². The van der Waals surface area contributed by atoms with E-state index in [1.54, 1.807) is 7.11 Å². The molecule has 3 nitrogen and oxygen atoms in total. The summed E-state index contributed by atoms with van der Waals surface area (Å²) in [5, 5.41) is 3.90. The third kappa shape index (κ3) is 22.1. The van der Waals surface area contributed by atoms with E-state index in [0.717, 1.165) is 43.3 Å². The Morgan fingerprint density at radius 2 is 0.673 bits per heavy atom. The highest BCUT2D eigenvalue weighted by Gasteiger charge is 2.18. The second-order valence-corrected chi connectivity index (χ2v) is 18.1. The largest absolute Gasteiger partial charge is 0.497 e. The zero-order chi connectivity index (χ0) is 38.9. The van der Waals surface area contributed by atoms with Crippen LogP contribution in [0.15, 0.2) is 72.8 Å². The van der Waals surface area contributed by atoms with E-state index in [9.17, 15) is 0 Å². The molecule has 0 bridgehead atoms. The van der Waals surface area contributed by atoms with Gasteiger partial charge in [-0.2, -0.15) is 0 Å². The molecular formula is C51H81O3P. The van der Waals surface area contributed by atoms with Gasteiger partial charge in [-0.15, -0.1) is 0 Å². The molecule has 3 rings (SSSR count). The van der Waals surface area contributed by atoms with Gasteiger partial charge in [-0.05, 0) is 73.1 Å². The summed E-state index contributed by atoms with van der Waals surface area (Å²) in [7, 11) is 0.995. The van der Waals surface area contributed by atoms with Gasteiger partial charge in [-0.25, -0.2) is 0 Å². The van der Waals surface area contributed by atoms with Crippen molar-refractivity contribution in [2.75, 3.05) is 20.3 Å². The molecule has 308 valence electrons. The molecule has 0 aliphatic carbocycles. The van der Waals surface area contributed by atoms with Crippen molar-refractivity contribution in [3.05, 3.63) is 72.8 Å². The van der Waals surface area contributed by atoms with Crippen molar-refractivity contribution in [1.82, 2.24) is 0 Å². The van der Waals surface area contributed by atoms with Crippen molar-refractivity contribution in [3.8, 4) is 17.2 Å². The van der Waals surface area contributed by atoms with Gasteiger partial charge in [-0.3, -0.25) is 0 Å². The Labute approximate surface area is 340 Å². The maximum absolute atomic E-state index is 6.19. The summed E-state index contributed by atoms with van der Waals surface area (Å²) in [5.74, 6) is 2.82. The van der Waals surface area contributed by atoms with Crippen LogP contribution in [0, 0.1) is 0 Å². The van der Waals surface area contributed by atoms with Gasteiger partial charge in [-0.1, -0.05) is 217 Å². The quantitative estimate of drug-likeness (QED) is 0.0435. The monoisotopic (exact) mass is 773 g/mol. The lowest BCUT2D eigenvalue weighted by Crippen LogP contribution is -2.20. The number of methoxy groups -OCH3 is 1. The first-order valence-electron chi connectivity index (χ1n) is 23.1. The molecule has 0 amide bonds. The molecule has 0 spiro atoms. The molecule has 0 heterocycles. The van der Waals surface area contributed by atoms with Crippen LogP contribution in [0.5, 0.6) is 17.2 Å². The van der Waals surface area contributed by atoms with Crippen molar-refractivity contribution in [2.24, 2.45) is 0 Å². The molecule has 0 N–H and O–H groups in total. The fourth-order valence-corrected chi connectivity index (χ4v) is 9.83. The van der Waals surface area contributed by atoms with Gasteiger partial charge in [0, 0.05) is 0 Å². The molecule has 0 unspecified atom stereocenters. The first-order chi connectivity index (χ1) is 27.2. The number of ether oxygens (including phenoxy) is 3. The molecule has 0 radical (unpaired) electrons. The van der Waals surface area contributed by atoms with E-state index < -0.39 is 7.92 Å². The van der Waals surface area contributed by atoms with Crippen LogP contribution in [0.1, 0.15) is 194 Å². The summed E-state index contributed by atoms with van der Waals surface area (Å²) in [5.41, 5.74) is 0. The molecular weight excluding hydrogens is 692 g/mol. The van der Waals surface area contributed by atoms with Crippen LogP contribution in [-0.4, -0.2) is 20.3 Å². The van der Waals surface area contributed by atoms with Crippen LogP contribution < -0.4 is 30.1 Å². The Morgan fingerprint density at radius 1 is 0.345 bits per heavy atom. The van der Waals surface area contributed by atoms with Gasteiger partial charge in [0.1, 0.15) is 17.2 Å². The number of rotatable bonds is 36. The SMILES string of the molecule is CCCCCCCCCCCCCCCCOc1ccc(P(c2ccc(OCCCCCCCCCCCCCCCC)cc2)c2cccc(OC)c2)cc1. The second kappa shape index (κ2) is 32.6. The minimum absolute atomic E-state index is 0.751. The number of hydrogen-bond acceptors (Lipinski definition) is 3. The maximum Gasteiger partial charge on any atom is 0.119 e. The van der Waals surface area contributed by atoms with Gasteiger partial charge in [0.05, 0.1) is 20.3 Å². The topological polar surface area (TPSA) is 27.7 Å². The molecule has 3 aromatic carbocycles. The smallest absolute Gasteiger partial charge is 0.119 e. The van der Waals surface area contributed by atoms with E-state index in [4.69, 9.17) is 14.2 Å². The highest BCUT2D eigenvalue weighted by atomic mass is 31.1. The van der Waals surface area contributed by atoms with Crippen molar-refractivity contribution < 1.29 is 14.2 Å². The predicted octanol–water partition coefficient (Wildman–Crippen LogP) is 15.2. The Hall–Kier alpha value is -2.51. The summed E-state index contributed by atoms with van der Waals surface area (Å²) < 4.78 is 18.0. The van der Waals surface area contributed by atoms with E-state index >= 15 is 0 Å². The van der Waals surface area contributed by atoms with E-state index in [0.29, 0.717) is 0 Å². The minimum atomic E-state index is -0.751. The highest BCUT2D eigenvalue weighted by Crippen LogP contribution is 2.35. The fraction of sp³-hybridized carbons (Fsp3) is 0.647. The normalized spacial score (nSPS) is 11.3. The molecule has 0 saturated carbocycles. The number of benzene rings is 3. The lowest BCUT2D eigenvalue weighted by molar-refractivity contribution is 0.304.